The van der Waals surface area contributed by atoms with E-state index in [1.165, 1.54) is 54.7 Å². The van der Waals surface area contributed by atoms with Crippen molar-refractivity contribution in [3.05, 3.63) is 97.1 Å². The molecule has 0 radical (unpaired) electrons. The Bertz CT molecular complexity index is 1380. The molecule has 4 aromatic carbocycles. The van der Waals surface area contributed by atoms with Crippen molar-refractivity contribution in [1.82, 2.24) is 0 Å². The van der Waals surface area contributed by atoms with Gasteiger partial charge in [0.1, 0.15) is 14.1 Å². The van der Waals surface area contributed by atoms with Crippen molar-refractivity contribution in [3.63, 3.8) is 0 Å². The standard InChI is InChI=1S/C28H22N2.4C2H6/c1-29-23-15-7-3-11-19(23)27(20-12-4-8-16-24(20)29)28-21-13-5-9-17-25(21)30(2)26-18-10-6-14-22(26)28;4*1-2/h3-18H,1-2H3;4*1-2H3/q+2;;;;. The zero-order valence-electron chi connectivity index (χ0n) is 25.1. The quantitative estimate of drug-likeness (QED) is 0.155. The molecule has 0 bridgehead atoms. The molecular formula is C36H46N2+2. The molecule has 0 atom stereocenters. The lowest BCUT2D eigenvalue weighted by Gasteiger charge is -2.14. The largest absolute Gasteiger partial charge is 0.213 e. The van der Waals surface area contributed by atoms with Gasteiger partial charge in [0.05, 0.1) is 21.5 Å². The van der Waals surface area contributed by atoms with Crippen molar-refractivity contribution in [2.75, 3.05) is 0 Å². The van der Waals surface area contributed by atoms with Crippen LogP contribution >= 0.6 is 0 Å². The molecule has 0 aliphatic carbocycles. The number of aryl methyl sites for hydroxylation is 2. The maximum atomic E-state index is 2.31. The number of para-hydroxylation sites is 4. The molecule has 2 aromatic heterocycles. The molecule has 0 fully saturated rings. The number of benzene rings is 4. The maximum absolute atomic E-state index is 2.31. The lowest BCUT2D eigenvalue weighted by atomic mass is 9.90. The molecule has 2 heterocycles. The molecule has 0 N–H and O–H groups in total. The van der Waals surface area contributed by atoms with E-state index in [9.17, 15) is 0 Å². The third-order valence-corrected chi connectivity index (χ3v) is 6.39. The van der Waals surface area contributed by atoms with Crippen LogP contribution in [0.3, 0.4) is 0 Å². The average Bonchev–Trinajstić information content (AvgIpc) is 3.03. The Morgan fingerprint density at radius 1 is 0.316 bits per heavy atom. The van der Waals surface area contributed by atoms with Crippen molar-refractivity contribution in [3.8, 4) is 11.1 Å². The summed E-state index contributed by atoms with van der Waals surface area (Å²) in [5, 5.41) is 5.12. The van der Waals surface area contributed by atoms with E-state index in [0.29, 0.717) is 0 Å². The topological polar surface area (TPSA) is 7.76 Å². The Kier molecular flexibility index (Phi) is 11.9. The van der Waals surface area contributed by atoms with E-state index in [0.717, 1.165) is 0 Å². The first-order chi connectivity index (χ1) is 18.8. The van der Waals surface area contributed by atoms with E-state index in [1.54, 1.807) is 0 Å². The Morgan fingerprint density at radius 2 is 0.500 bits per heavy atom. The van der Waals surface area contributed by atoms with Gasteiger partial charge < -0.3 is 0 Å². The minimum Gasteiger partial charge on any atom is -0.194 e. The summed E-state index contributed by atoms with van der Waals surface area (Å²) in [7, 11) is 4.32. The molecule has 0 saturated carbocycles. The Hall–Kier alpha value is -3.78. The van der Waals surface area contributed by atoms with Crippen LogP contribution in [0.2, 0.25) is 0 Å². The first kappa shape index (κ1) is 30.4. The summed E-state index contributed by atoms with van der Waals surface area (Å²) in [5.41, 5.74) is 7.60. The highest BCUT2D eigenvalue weighted by molar-refractivity contribution is 6.18. The van der Waals surface area contributed by atoms with E-state index >= 15 is 0 Å². The molecular weight excluding hydrogens is 460 g/mol. The predicted molar refractivity (Wildman–Crippen MR) is 170 cm³/mol. The smallest absolute Gasteiger partial charge is 0.194 e. The van der Waals surface area contributed by atoms with Crippen molar-refractivity contribution in [2.45, 2.75) is 55.4 Å². The Morgan fingerprint density at radius 3 is 0.711 bits per heavy atom. The third-order valence-electron chi connectivity index (χ3n) is 6.39. The molecule has 38 heavy (non-hydrogen) atoms. The number of fused-ring (bicyclic) bond motifs is 4. The second-order valence-electron chi connectivity index (χ2n) is 7.94. The lowest BCUT2D eigenvalue weighted by Crippen LogP contribution is -2.31. The zero-order valence-corrected chi connectivity index (χ0v) is 25.1. The molecule has 2 nitrogen and oxygen atoms in total. The van der Waals surface area contributed by atoms with Crippen LogP contribution in [0, 0.1) is 0 Å². The van der Waals surface area contributed by atoms with Crippen LogP contribution in [0.25, 0.3) is 54.7 Å². The van der Waals surface area contributed by atoms with Crippen molar-refractivity contribution < 1.29 is 9.13 Å². The van der Waals surface area contributed by atoms with Crippen LogP contribution in [0.5, 0.6) is 0 Å². The van der Waals surface area contributed by atoms with Crippen molar-refractivity contribution >= 4 is 43.6 Å². The fourth-order valence-corrected chi connectivity index (χ4v) is 5.00. The van der Waals surface area contributed by atoms with Crippen LogP contribution in [0.15, 0.2) is 97.1 Å². The number of aromatic nitrogens is 2. The minimum absolute atomic E-state index is 1.24. The fourth-order valence-electron chi connectivity index (χ4n) is 5.00. The lowest BCUT2D eigenvalue weighted by molar-refractivity contribution is -0.617. The van der Waals surface area contributed by atoms with Gasteiger partial charge in [-0.05, 0) is 24.3 Å². The third kappa shape index (κ3) is 5.41. The van der Waals surface area contributed by atoms with Gasteiger partial charge in [0.2, 0.25) is 22.1 Å². The first-order valence-corrected chi connectivity index (χ1v) is 14.3. The Balaban J connectivity index is 0.000000583. The summed E-state index contributed by atoms with van der Waals surface area (Å²) < 4.78 is 4.61. The van der Waals surface area contributed by atoms with Gasteiger partial charge in [-0.15, -0.1) is 0 Å². The van der Waals surface area contributed by atoms with Crippen LogP contribution in [-0.4, -0.2) is 0 Å². The monoisotopic (exact) mass is 506 g/mol. The summed E-state index contributed by atoms with van der Waals surface area (Å²) in [5.74, 6) is 0. The average molecular weight is 507 g/mol. The van der Waals surface area contributed by atoms with Crippen LogP contribution in [0.4, 0.5) is 0 Å². The van der Waals surface area contributed by atoms with E-state index in [-0.39, 0.29) is 0 Å². The summed E-state index contributed by atoms with van der Waals surface area (Å²) in [6, 6.07) is 35.0. The van der Waals surface area contributed by atoms with E-state index in [1.807, 2.05) is 55.4 Å². The SMILES string of the molecule is CC.CC.CC.CC.C[n+]1c2ccccc2c(-c2c3ccccc3[n+](C)c3ccccc23)c2ccccc21. The maximum Gasteiger partial charge on any atom is 0.213 e. The second kappa shape index (κ2) is 14.8. The predicted octanol–water partition coefficient (Wildman–Crippen LogP) is 9.72. The molecule has 2 heteroatoms. The van der Waals surface area contributed by atoms with E-state index in [4.69, 9.17) is 0 Å². The van der Waals surface area contributed by atoms with Gasteiger partial charge in [0.25, 0.3) is 0 Å². The summed E-state index contributed by atoms with van der Waals surface area (Å²) in [6.07, 6.45) is 0. The molecule has 0 spiro atoms. The number of nitrogens with zero attached hydrogens (tertiary/aromatic N) is 2. The number of hydrogen-bond acceptors (Lipinski definition) is 0. The molecule has 0 unspecified atom stereocenters. The molecule has 0 aliphatic heterocycles. The summed E-state index contributed by atoms with van der Waals surface area (Å²) in [4.78, 5) is 0. The second-order valence-corrected chi connectivity index (χ2v) is 7.94. The van der Waals surface area contributed by atoms with Crippen LogP contribution < -0.4 is 9.13 Å². The highest BCUT2D eigenvalue weighted by Crippen LogP contribution is 2.40. The molecule has 0 aliphatic rings. The van der Waals surface area contributed by atoms with Gasteiger partial charge in [0, 0.05) is 35.4 Å². The molecule has 6 rings (SSSR count). The number of rotatable bonds is 1. The zero-order chi connectivity index (χ0) is 28.2. The van der Waals surface area contributed by atoms with Crippen molar-refractivity contribution in [1.29, 1.82) is 0 Å². The summed E-state index contributed by atoms with van der Waals surface area (Å²) >= 11 is 0. The van der Waals surface area contributed by atoms with Crippen LogP contribution in [-0.2, 0) is 14.1 Å². The fraction of sp³-hybridized carbons (Fsp3) is 0.278. The van der Waals surface area contributed by atoms with Crippen LogP contribution in [0.1, 0.15) is 55.4 Å². The van der Waals surface area contributed by atoms with E-state index in [2.05, 4.69) is 120 Å². The van der Waals surface area contributed by atoms with Gasteiger partial charge in [-0.3, -0.25) is 0 Å². The van der Waals surface area contributed by atoms with Crippen molar-refractivity contribution in [2.24, 2.45) is 14.1 Å². The molecule has 6 aromatic rings. The number of hydrogen-bond donors (Lipinski definition) is 0. The number of pyridine rings is 2. The van der Waals surface area contributed by atoms with Gasteiger partial charge >= 0.3 is 0 Å². The summed E-state index contributed by atoms with van der Waals surface area (Å²) in [6.45, 7) is 16.0. The Labute approximate surface area is 230 Å². The highest BCUT2D eigenvalue weighted by Gasteiger charge is 2.24. The first-order valence-electron chi connectivity index (χ1n) is 14.3. The van der Waals surface area contributed by atoms with Gasteiger partial charge in [-0.1, -0.05) is 104 Å². The van der Waals surface area contributed by atoms with Gasteiger partial charge in [0.15, 0.2) is 0 Å². The molecule has 198 valence electrons. The molecule has 0 amide bonds. The van der Waals surface area contributed by atoms with E-state index < -0.39 is 0 Å². The minimum atomic E-state index is 1.24. The van der Waals surface area contributed by atoms with Gasteiger partial charge in [-0.2, -0.15) is 9.13 Å². The normalized spacial score (nSPS) is 9.84. The molecule has 0 saturated heterocycles. The van der Waals surface area contributed by atoms with Gasteiger partial charge in [-0.25, -0.2) is 0 Å². The highest BCUT2D eigenvalue weighted by atomic mass is 14.9.